The topological polar surface area (TPSA) is 78.9 Å². The van der Waals surface area contributed by atoms with Gasteiger partial charge in [0.05, 0.1) is 18.1 Å². The summed E-state index contributed by atoms with van der Waals surface area (Å²) >= 11 is 3.38. The van der Waals surface area contributed by atoms with Gasteiger partial charge in [-0.3, -0.25) is 0 Å². The number of rotatable bonds is 6. The van der Waals surface area contributed by atoms with Crippen molar-refractivity contribution in [1.29, 1.82) is 0 Å². The summed E-state index contributed by atoms with van der Waals surface area (Å²) in [5, 5.41) is 13.1. The number of nitrogens with one attached hydrogen (secondary N) is 1. The number of halogens is 1. The van der Waals surface area contributed by atoms with Crippen molar-refractivity contribution in [3.05, 3.63) is 58.1 Å². The Bertz CT molecular complexity index is 850. The summed E-state index contributed by atoms with van der Waals surface area (Å²) in [5.74, 6) is 0.243. The van der Waals surface area contributed by atoms with Crippen LogP contribution in [0.5, 0.6) is 5.75 Å². The number of phenols is 1. The van der Waals surface area contributed by atoms with E-state index < -0.39 is 10.0 Å². The Morgan fingerprint density at radius 2 is 1.77 bits per heavy atom. The van der Waals surface area contributed by atoms with Crippen molar-refractivity contribution in [3.8, 4) is 5.75 Å². The second-order valence-corrected chi connectivity index (χ2v) is 8.89. The minimum absolute atomic E-state index is 0.243. The third-order valence-electron chi connectivity index (χ3n) is 4.22. The number of nitrogens with zero attached hydrogens (tertiary/aromatic N) is 1. The molecule has 2 N–H and O–H groups in total. The molecule has 1 saturated heterocycles. The Morgan fingerprint density at radius 1 is 1.08 bits per heavy atom. The average Bonchev–Trinajstić information content (AvgIpc) is 2.66. The second kappa shape index (κ2) is 8.49. The van der Waals surface area contributed by atoms with E-state index in [0.717, 1.165) is 15.6 Å². The van der Waals surface area contributed by atoms with Crippen LogP contribution in [-0.4, -0.2) is 44.1 Å². The van der Waals surface area contributed by atoms with Gasteiger partial charge in [-0.2, -0.15) is 4.31 Å². The zero-order valence-electron chi connectivity index (χ0n) is 14.2. The molecule has 3 rings (SSSR count). The number of aromatic hydroxyl groups is 1. The van der Waals surface area contributed by atoms with Gasteiger partial charge in [0, 0.05) is 36.2 Å². The lowest BCUT2D eigenvalue weighted by molar-refractivity contribution is 0.0730. The van der Waals surface area contributed by atoms with E-state index in [2.05, 4.69) is 21.2 Å². The number of ether oxygens (including phenoxy) is 1. The third-order valence-corrected chi connectivity index (χ3v) is 6.62. The van der Waals surface area contributed by atoms with Crippen molar-refractivity contribution in [2.45, 2.75) is 18.0 Å². The summed E-state index contributed by atoms with van der Waals surface area (Å²) in [7, 11) is -3.46. The summed E-state index contributed by atoms with van der Waals surface area (Å²) in [4.78, 5) is 0.299. The highest BCUT2D eigenvalue weighted by atomic mass is 79.9. The first kappa shape index (κ1) is 19.3. The smallest absolute Gasteiger partial charge is 0.243 e. The zero-order chi connectivity index (χ0) is 18.6. The molecule has 8 heteroatoms. The first-order chi connectivity index (χ1) is 12.5. The molecule has 0 aromatic heterocycles. The molecule has 0 unspecified atom stereocenters. The normalized spacial score (nSPS) is 15.9. The van der Waals surface area contributed by atoms with Gasteiger partial charge in [0.15, 0.2) is 0 Å². The summed E-state index contributed by atoms with van der Waals surface area (Å²) < 4.78 is 32.8. The summed E-state index contributed by atoms with van der Waals surface area (Å²) in [6.45, 7) is 2.74. The molecule has 2 aromatic carbocycles. The van der Waals surface area contributed by atoms with Crippen LogP contribution in [0.15, 0.2) is 51.8 Å². The lowest BCUT2D eigenvalue weighted by Crippen LogP contribution is -2.40. The van der Waals surface area contributed by atoms with E-state index in [1.807, 2.05) is 6.07 Å². The fourth-order valence-electron chi connectivity index (χ4n) is 2.75. The largest absolute Gasteiger partial charge is 0.508 e. The van der Waals surface area contributed by atoms with Crippen LogP contribution in [0.25, 0.3) is 0 Å². The van der Waals surface area contributed by atoms with Crippen LogP contribution in [-0.2, 0) is 27.8 Å². The van der Waals surface area contributed by atoms with Crippen molar-refractivity contribution in [3.63, 3.8) is 0 Å². The van der Waals surface area contributed by atoms with Crippen molar-refractivity contribution >= 4 is 26.0 Å². The second-order valence-electron chi connectivity index (χ2n) is 6.04. The van der Waals surface area contributed by atoms with Crippen molar-refractivity contribution < 1.29 is 18.3 Å². The van der Waals surface area contributed by atoms with E-state index in [9.17, 15) is 13.5 Å². The number of hydrogen-bond acceptors (Lipinski definition) is 5. The SMILES string of the molecule is O=S(=O)(c1ccc(CNCc2cc(Br)ccc2O)cc1)N1CCOCC1. The molecule has 0 spiro atoms. The van der Waals surface area contributed by atoms with E-state index in [0.29, 0.717) is 44.3 Å². The lowest BCUT2D eigenvalue weighted by atomic mass is 10.2. The van der Waals surface area contributed by atoms with Crippen LogP contribution in [0.2, 0.25) is 0 Å². The van der Waals surface area contributed by atoms with Crippen molar-refractivity contribution in [2.75, 3.05) is 26.3 Å². The Labute approximate surface area is 162 Å². The molecule has 0 atom stereocenters. The maximum absolute atomic E-state index is 12.6. The van der Waals surface area contributed by atoms with Crippen LogP contribution in [0, 0.1) is 0 Å². The molecule has 6 nitrogen and oxygen atoms in total. The lowest BCUT2D eigenvalue weighted by Gasteiger charge is -2.26. The molecule has 0 radical (unpaired) electrons. The number of morpholine rings is 1. The van der Waals surface area contributed by atoms with Crippen LogP contribution < -0.4 is 5.32 Å². The molecule has 0 saturated carbocycles. The van der Waals surface area contributed by atoms with Gasteiger partial charge in [0.2, 0.25) is 10.0 Å². The van der Waals surface area contributed by atoms with Gasteiger partial charge in [0.1, 0.15) is 5.75 Å². The average molecular weight is 441 g/mol. The van der Waals surface area contributed by atoms with Gasteiger partial charge in [-0.05, 0) is 35.9 Å². The molecule has 1 fully saturated rings. The molecule has 0 amide bonds. The van der Waals surface area contributed by atoms with Crippen LogP contribution in [0.3, 0.4) is 0 Å². The fraction of sp³-hybridized carbons (Fsp3) is 0.333. The predicted molar refractivity (Wildman–Crippen MR) is 102 cm³/mol. The van der Waals surface area contributed by atoms with Crippen LogP contribution >= 0.6 is 15.9 Å². The third kappa shape index (κ3) is 4.63. The summed E-state index contributed by atoms with van der Waals surface area (Å²) in [5.41, 5.74) is 1.77. The number of hydrogen-bond donors (Lipinski definition) is 2. The first-order valence-corrected chi connectivity index (χ1v) is 10.5. The highest BCUT2D eigenvalue weighted by molar-refractivity contribution is 9.10. The van der Waals surface area contributed by atoms with Crippen LogP contribution in [0.4, 0.5) is 0 Å². The quantitative estimate of drug-likeness (QED) is 0.720. The van der Waals surface area contributed by atoms with Crippen molar-refractivity contribution in [1.82, 2.24) is 9.62 Å². The van der Waals surface area contributed by atoms with E-state index in [1.54, 1.807) is 36.4 Å². The standard InChI is InChI=1S/C18H21BrN2O4S/c19-16-3-6-18(22)15(11-16)13-20-12-14-1-4-17(5-2-14)26(23,24)21-7-9-25-10-8-21/h1-6,11,20,22H,7-10,12-13H2. The van der Waals surface area contributed by atoms with Crippen LogP contribution in [0.1, 0.15) is 11.1 Å². The molecular formula is C18H21BrN2O4S. The zero-order valence-corrected chi connectivity index (χ0v) is 16.6. The Morgan fingerprint density at radius 3 is 2.46 bits per heavy atom. The predicted octanol–water partition coefficient (Wildman–Crippen LogP) is 2.47. The number of benzene rings is 2. The molecule has 0 bridgehead atoms. The van der Waals surface area contributed by atoms with E-state index in [-0.39, 0.29) is 5.75 Å². The van der Waals surface area contributed by atoms with Gasteiger partial charge in [-0.25, -0.2) is 8.42 Å². The van der Waals surface area contributed by atoms with E-state index in [1.165, 1.54) is 4.31 Å². The van der Waals surface area contributed by atoms with Gasteiger partial charge >= 0.3 is 0 Å². The maximum atomic E-state index is 12.6. The highest BCUT2D eigenvalue weighted by Gasteiger charge is 2.25. The summed E-state index contributed by atoms with van der Waals surface area (Å²) in [6.07, 6.45) is 0. The fourth-order valence-corrected chi connectivity index (χ4v) is 4.57. The van der Waals surface area contributed by atoms with Crippen molar-refractivity contribution in [2.24, 2.45) is 0 Å². The minimum atomic E-state index is -3.46. The molecule has 1 aliphatic rings. The highest BCUT2D eigenvalue weighted by Crippen LogP contribution is 2.22. The molecule has 0 aliphatic carbocycles. The maximum Gasteiger partial charge on any atom is 0.243 e. The van der Waals surface area contributed by atoms with E-state index >= 15 is 0 Å². The van der Waals surface area contributed by atoms with Gasteiger partial charge in [-0.1, -0.05) is 28.1 Å². The Kier molecular flexibility index (Phi) is 6.31. The summed E-state index contributed by atoms with van der Waals surface area (Å²) in [6, 6.07) is 12.2. The Hall–Kier alpha value is -1.45. The molecule has 1 heterocycles. The first-order valence-electron chi connectivity index (χ1n) is 8.32. The molecule has 140 valence electrons. The van der Waals surface area contributed by atoms with Gasteiger partial charge in [-0.15, -0.1) is 0 Å². The molecule has 26 heavy (non-hydrogen) atoms. The monoisotopic (exact) mass is 440 g/mol. The van der Waals surface area contributed by atoms with E-state index in [4.69, 9.17) is 4.74 Å². The number of phenolic OH excluding ortho intramolecular Hbond substituents is 1. The minimum Gasteiger partial charge on any atom is -0.508 e. The molecular weight excluding hydrogens is 420 g/mol. The van der Waals surface area contributed by atoms with Gasteiger partial charge in [0.25, 0.3) is 0 Å². The Balaban J connectivity index is 1.60. The molecule has 2 aromatic rings. The number of sulfonamides is 1. The molecule has 1 aliphatic heterocycles. The van der Waals surface area contributed by atoms with Gasteiger partial charge < -0.3 is 15.2 Å².